The number of carbonyl (C=O) groups excluding carboxylic acids is 1. The van der Waals surface area contributed by atoms with Crippen molar-refractivity contribution in [3.8, 4) is 11.5 Å². The van der Waals surface area contributed by atoms with Crippen molar-refractivity contribution in [1.29, 1.82) is 0 Å². The molecule has 0 saturated carbocycles. The maximum absolute atomic E-state index is 15.2. The molecule has 2 rings (SSSR count). The Labute approximate surface area is 168 Å². The van der Waals surface area contributed by atoms with Crippen molar-refractivity contribution in [3.63, 3.8) is 0 Å². The lowest BCUT2D eigenvalue weighted by Crippen LogP contribution is -2.34. The van der Waals surface area contributed by atoms with Gasteiger partial charge >= 0.3 is 0 Å². The molecule has 0 heterocycles. The normalized spacial score (nSPS) is 13.3. The number of halogens is 3. The summed E-state index contributed by atoms with van der Waals surface area (Å²) >= 11 is 12.3. The van der Waals surface area contributed by atoms with E-state index in [-0.39, 0.29) is 29.3 Å². The fraction of sp³-hybridized carbons (Fsp3) is 0.350. The molecule has 2 aromatic rings. The van der Waals surface area contributed by atoms with E-state index in [1.807, 2.05) is 20.8 Å². The lowest BCUT2D eigenvalue weighted by molar-refractivity contribution is -0.118. The molecule has 0 aliphatic heterocycles. The summed E-state index contributed by atoms with van der Waals surface area (Å²) in [6.07, 6.45) is 0.772. The van der Waals surface area contributed by atoms with E-state index in [2.05, 4.69) is 5.32 Å². The zero-order valence-corrected chi connectivity index (χ0v) is 17.0. The predicted molar refractivity (Wildman–Crippen MR) is 107 cm³/mol. The minimum absolute atomic E-state index is 0.0584. The molecule has 146 valence electrons. The van der Waals surface area contributed by atoms with Crippen molar-refractivity contribution in [2.24, 2.45) is 5.73 Å². The van der Waals surface area contributed by atoms with Gasteiger partial charge in [0.1, 0.15) is 5.75 Å². The van der Waals surface area contributed by atoms with Crippen LogP contribution in [0.25, 0.3) is 0 Å². The van der Waals surface area contributed by atoms with Crippen LogP contribution in [-0.4, -0.2) is 11.9 Å². The summed E-state index contributed by atoms with van der Waals surface area (Å²) in [5, 5.41) is 3.90. The zero-order chi connectivity index (χ0) is 20.1. The molecule has 2 atom stereocenters. The Balaban J connectivity index is 2.32. The van der Waals surface area contributed by atoms with Crippen LogP contribution >= 0.6 is 23.2 Å². The first-order chi connectivity index (χ1) is 12.7. The number of amides is 1. The highest BCUT2D eigenvalue weighted by molar-refractivity contribution is 6.32. The highest BCUT2D eigenvalue weighted by Gasteiger charge is 2.22. The summed E-state index contributed by atoms with van der Waals surface area (Å²) in [5.74, 6) is -0.630. The van der Waals surface area contributed by atoms with Crippen LogP contribution in [0, 0.1) is 12.7 Å². The third-order valence-corrected chi connectivity index (χ3v) is 4.92. The molecule has 0 aliphatic carbocycles. The Morgan fingerprint density at radius 1 is 1.26 bits per heavy atom. The summed E-state index contributed by atoms with van der Waals surface area (Å²) in [6.45, 7) is 5.61. The summed E-state index contributed by atoms with van der Waals surface area (Å²) in [4.78, 5) is 11.1. The van der Waals surface area contributed by atoms with Gasteiger partial charge in [0, 0.05) is 29.1 Å². The van der Waals surface area contributed by atoms with Crippen LogP contribution in [0.15, 0.2) is 30.3 Å². The third kappa shape index (κ3) is 5.58. The summed E-state index contributed by atoms with van der Waals surface area (Å²) < 4.78 is 20.9. The number of ether oxygens (including phenoxy) is 1. The largest absolute Gasteiger partial charge is 0.453 e. The molecular weight excluding hydrogens is 390 g/mol. The molecule has 0 spiro atoms. The maximum atomic E-state index is 15.2. The summed E-state index contributed by atoms with van der Waals surface area (Å²) in [7, 11) is 0. The fourth-order valence-corrected chi connectivity index (χ4v) is 3.15. The van der Waals surface area contributed by atoms with E-state index in [1.54, 1.807) is 30.3 Å². The summed E-state index contributed by atoms with van der Waals surface area (Å²) in [5.41, 5.74) is 6.53. The van der Waals surface area contributed by atoms with Gasteiger partial charge in [-0.05, 0) is 44.0 Å². The average Bonchev–Trinajstić information content (AvgIpc) is 2.59. The van der Waals surface area contributed by atoms with Crippen LogP contribution in [-0.2, 0) is 4.79 Å². The molecule has 1 unspecified atom stereocenters. The quantitative estimate of drug-likeness (QED) is 0.598. The van der Waals surface area contributed by atoms with Crippen molar-refractivity contribution in [1.82, 2.24) is 5.32 Å². The van der Waals surface area contributed by atoms with E-state index >= 15 is 4.39 Å². The van der Waals surface area contributed by atoms with Gasteiger partial charge in [-0.3, -0.25) is 4.79 Å². The minimum Gasteiger partial charge on any atom is -0.453 e. The summed E-state index contributed by atoms with van der Waals surface area (Å²) in [6, 6.07) is 7.80. The first-order valence-corrected chi connectivity index (χ1v) is 9.44. The highest BCUT2D eigenvalue weighted by atomic mass is 35.5. The zero-order valence-electron chi connectivity index (χ0n) is 15.5. The van der Waals surface area contributed by atoms with Gasteiger partial charge in [-0.25, -0.2) is 4.39 Å². The van der Waals surface area contributed by atoms with Crippen LogP contribution in [0.2, 0.25) is 10.0 Å². The smallest absolute Gasteiger partial charge is 0.218 e. The second-order valence-electron chi connectivity index (χ2n) is 6.49. The van der Waals surface area contributed by atoms with Gasteiger partial charge in [0.05, 0.1) is 5.02 Å². The Morgan fingerprint density at radius 3 is 2.56 bits per heavy atom. The van der Waals surface area contributed by atoms with Gasteiger partial charge in [0.2, 0.25) is 5.91 Å². The van der Waals surface area contributed by atoms with Gasteiger partial charge in [-0.1, -0.05) is 42.3 Å². The van der Waals surface area contributed by atoms with Gasteiger partial charge in [0.15, 0.2) is 11.6 Å². The Hall–Kier alpha value is -1.82. The number of nitrogens with two attached hydrogens (primary N) is 1. The molecule has 0 aromatic heterocycles. The van der Waals surface area contributed by atoms with Crippen LogP contribution in [0.3, 0.4) is 0 Å². The molecule has 0 radical (unpaired) electrons. The lowest BCUT2D eigenvalue weighted by Gasteiger charge is -2.23. The fourth-order valence-electron chi connectivity index (χ4n) is 2.80. The van der Waals surface area contributed by atoms with E-state index in [1.165, 1.54) is 0 Å². The number of rotatable bonds is 8. The van der Waals surface area contributed by atoms with Gasteiger partial charge in [-0.2, -0.15) is 0 Å². The topological polar surface area (TPSA) is 64.3 Å². The number of benzene rings is 2. The van der Waals surface area contributed by atoms with Crippen LogP contribution in [0.4, 0.5) is 4.39 Å². The molecule has 7 heteroatoms. The first kappa shape index (κ1) is 21.5. The molecule has 1 amide bonds. The molecule has 3 N–H and O–H groups in total. The van der Waals surface area contributed by atoms with Gasteiger partial charge in [0.25, 0.3) is 0 Å². The van der Waals surface area contributed by atoms with E-state index < -0.39 is 11.7 Å². The molecule has 27 heavy (non-hydrogen) atoms. The Morgan fingerprint density at radius 2 is 1.96 bits per heavy atom. The monoisotopic (exact) mass is 412 g/mol. The minimum atomic E-state index is -0.551. The van der Waals surface area contributed by atoms with E-state index in [0.717, 1.165) is 5.56 Å². The van der Waals surface area contributed by atoms with Crippen molar-refractivity contribution < 1.29 is 13.9 Å². The van der Waals surface area contributed by atoms with Gasteiger partial charge < -0.3 is 15.8 Å². The first-order valence-electron chi connectivity index (χ1n) is 8.69. The van der Waals surface area contributed by atoms with Gasteiger partial charge in [-0.15, -0.1) is 0 Å². The SMILES string of the molecule is CC[C@@H](NC(C)CC(N)=O)c1ccc(Cl)c(Oc2ccc(C)c(Cl)c2)c1F. The highest BCUT2D eigenvalue weighted by Crippen LogP contribution is 2.37. The van der Waals surface area contributed by atoms with Crippen molar-refractivity contribution in [2.45, 2.75) is 45.7 Å². The Bertz CT molecular complexity index is 830. The van der Waals surface area contributed by atoms with Crippen LogP contribution in [0.1, 0.15) is 43.9 Å². The molecule has 4 nitrogen and oxygen atoms in total. The molecule has 0 fully saturated rings. The number of hydrogen-bond donors (Lipinski definition) is 2. The van der Waals surface area contributed by atoms with E-state index in [4.69, 9.17) is 33.7 Å². The standard InChI is InChI=1S/C20H23Cl2FN2O2/c1-4-17(25-12(3)9-18(24)26)14-7-8-15(21)20(19(14)23)27-13-6-5-11(2)16(22)10-13/h5-8,10,12,17,25H,4,9H2,1-3H3,(H2,24,26)/t12?,17-/m1/s1. The maximum Gasteiger partial charge on any atom is 0.218 e. The van der Waals surface area contributed by atoms with Crippen LogP contribution < -0.4 is 15.8 Å². The number of aryl methyl sites for hydroxylation is 1. The molecule has 0 bridgehead atoms. The number of carbonyl (C=O) groups is 1. The molecule has 2 aromatic carbocycles. The van der Waals surface area contributed by atoms with E-state index in [0.29, 0.717) is 22.8 Å². The average molecular weight is 413 g/mol. The van der Waals surface area contributed by atoms with Crippen molar-refractivity contribution in [2.75, 3.05) is 0 Å². The van der Waals surface area contributed by atoms with E-state index in [9.17, 15) is 4.79 Å². The number of primary amides is 1. The molecule has 0 saturated heterocycles. The molecule has 0 aliphatic rings. The number of nitrogens with one attached hydrogen (secondary N) is 1. The predicted octanol–water partition coefficient (Wildman–Crippen LogP) is 5.54. The lowest BCUT2D eigenvalue weighted by atomic mass is 10.0. The van der Waals surface area contributed by atoms with Crippen molar-refractivity contribution in [3.05, 3.63) is 57.3 Å². The molecular formula is C20H23Cl2FN2O2. The third-order valence-electron chi connectivity index (χ3n) is 4.22. The number of hydrogen-bond acceptors (Lipinski definition) is 3. The second-order valence-corrected chi connectivity index (χ2v) is 7.31. The Kier molecular flexibility index (Phi) is 7.48. The second kappa shape index (κ2) is 9.40. The van der Waals surface area contributed by atoms with Crippen LogP contribution in [0.5, 0.6) is 11.5 Å². The van der Waals surface area contributed by atoms with Crippen molar-refractivity contribution >= 4 is 29.1 Å².